The second kappa shape index (κ2) is 22.6. The zero-order valence-electron chi connectivity index (χ0n) is 25.0. The van der Waals surface area contributed by atoms with Crippen LogP contribution >= 0.6 is 0 Å². The van der Waals surface area contributed by atoms with E-state index < -0.39 is 17.9 Å². The summed E-state index contributed by atoms with van der Waals surface area (Å²) in [7, 11) is 0. The van der Waals surface area contributed by atoms with Gasteiger partial charge in [0.25, 0.3) is 0 Å². The van der Waals surface area contributed by atoms with Gasteiger partial charge in [-0.25, -0.2) is 0 Å². The first-order valence-corrected chi connectivity index (χ1v) is 14.1. The molecule has 3 amide bonds. The summed E-state index contributed by atoms with van der Waals surface area (Å²) in [6.45, 7) is 8.05. The number of hydrogen-bond acceptors (Lipinski definition) is 9. The highest BCUT2D eigenvalue weighted by Crippen LogP contribution is 2.25. The third-order valence-corrected chi connectivity index (χ3v) is 5.31. The second-order valence-corrected chi connectivity index (χ2v) is 8.93. The molecular weight excluding hydrogens is 546 g/mol. The highest BCUT2D eigenvalue weighted by atomic mass is 16.5. The summed E-state index contributed by atoms with van der Waals surface area (Å²) in [6, 6.07) is 7.67. The molecule has 12 nitrogen and oxygen atoms in total. The summed E-state index contributed by atoms with van der Waals surface area (Å²) >= 11 is 0. The number of carbonyl (C=O) groups excluding carboxylic acids is 3. The van der Waals surface area contributed by atoms with E-state index in [2.05, 4.69) is 29.8 Å². The molecule has 0 heterocycles. The zero-order valence-corrected chi connectivity index (χ0v) is 25.0. The first kappa shape index (κ1) is 38.0. The van der Waals surface area contributed by atoms with Gasteiger partial charge >= 0.3 is 0 Å². The molecule has 2 rings (SSSR count). The quantitative estimate of drug-likeness (QED) is 0.113. The van der Waals surface area contributed by atoms with Gasteiger partial charge < -0.3 is 46.2 Å². The maximum atomic E-state index is 12.7. The molecule has 0 saturated carbocycles. The number of amides is 3. The van der Waals surface area contributed by atoms with Crippen LogP contribution in [0.15, 0.2) is 36.4 Å². The molecule has 2 aromatic rings. The van der Waals surface area contributed by atoms with Crippen molar-refractivity contribution in [2.24, 2.45) is 0 Å². The van der Waals surface area contributed by atoms with E-state index in [1.54, 1.807) is 12.1 Å². The highest BCUT2D eigenvalue weighted by Gasteiger charge is 2.22. The SMILES string of the molecule is CC.CCC.O=C(CCC(NC(=O)COCCO)C(=O)NCCc1ccc(O)c(O)c1)NCCc1ccc(O)c(O)c1. The Morgan fingerprint density at radius 2 is 1.29 bits per heavy atom. The van der Waals surface area contributed by atoms with Crippen LogP contribution in [-0.4, -0.2) is 82.2 Å². The van der Waals surface area contributed by atoms with E-state index in [-0.39, 0.29) is 74.7 Å². The first-order chi connectivity index (χ1) is 20.1. The zero-order chi connectivity index (χ0) is 31.9. The van der Waals surface area contributed by atoms with Crippen molar-refractivity contribution in [1.29, 1.82) is 0 Å². The van der Waals surface area contributed by atoms with Gasteiger partial charge in [0, 0.05) is 19.5 Å². The van der Waals surface area contributed by atoms with Crippen molar-refractivity contribution in [3.63, 3.8) is 0 Å². The number of hydrogen-bond donors (Lipinski definition) is 8. The Labute approximate surface area is 247 Å². The monoisotopic (exact) mass is 593 g/mol. The van der Waals surface area contributed by atoms with Gasteiger partial charge in [-0.1, -0.05) is 46.2 Å². The maximum Gasteiger partial charge on any atom is 0.246 e. The number of phenolic OH excluding ortho intramolecular Hbond substituents is 4. The number of aliphatic hydroxyl groups excluding tert-OH is 1. The van der Waals surface area contributed by atoms with Gasteiger partial charge in [-0.2, -0.15) is 0 Å². The topological polar surface area (TPSA) is 198 Å². The summed E-state index contributed by atoms with van der Waals surface area (Å²) < 4.78 is 4.97. The van der Waals surface area contributed by atoms with E-state index in [0.717, 1.165) is 0 Å². The lowest BCUT2D eigenvalue weighted by atomic mass is 10.1. The molecule has 0 aliphatic carbocycles. The standard InChI is InChI=1S/C25H33N3O9.C3H8.C2H6/c29-11-12-37-15-24(35)28-18(25(36)27-10-8-17-2-5-20(31)22(33)14-17)3-6-23(34)26-9-7-16-1-4-19(30)21(32)13-16;1-3-2;1-2/h1-2,4-5,13-14,18,29-33H,3,6-12,15H2,(H,26,34)(H,27,36)(H,28,35);3H2,1-2H3;1-2H3. The molecule has 0 fully saturated rings. The van der Waals surface area contributed by atoms with Gasteiger partial charge in [-0.05, 0) is 54.7 Å². The first-order valence-electron chi connectivity index (χ1n) is 14.1. The number of benzene rings is 2. The number of carbonyl (C=O) groups is 3. The smallest absolute Gasteiger partial charge is 0.246 e. The number of aliphatic hydroxyl groups is 1. The minimum atomic E-state index is -1.02. The van der Waals surface area contributed by atoms with Crippen LogP contribution in [0, 0.1) is 0 Å². The lowest BCUT2D eigenvalue weighted by molar-refractivity contribution is -0.132. The molecule has 1 unspecified atom stereocenters. The number of nitrogens with one attached hydrogen (secondary N) is 3. The third kappa shape index (κ3) is 16.3. The van der Waals surface area contributed by atoms with Gasteiger partial charge in [-0.3, -0.25) is 14.4 Å². The van der Waals surface area contributed by atoms with Crippen molar-refractivity contribution in [2.75, 3.05) is 32.9 Å². The van der Waals surface area contributed by atoms with E-state index in [0.29, 0.717) is 24.0 Å². The van der Waals surface area contributed by atoms with Crippen molar-refractivity contribution in [1.82, 2.24) is 16.0 Å². The molecule has 0 radical (unpaired) electrons. The molecule has 236 valence electrons. The van der Waals surface area contributed by atoms with Gasteiger partial charge in [0.2, 0.25) is 17.7 Å². The molecule has 42 heavy (non-hydrogen) atoms. The third-order valence-electron chi connectivity index (χ3n) is 5.31. The highest BCUT2D eigenvalue weighted by molar-refractivity contribution is 5.88. The largest absolute Gasteiger partial charge is 0.504 e. The summed E-state index contributed by atoms with van der Waals surface area (Å²) in [5.41, 5.74) is 1.39. The molecule has 12 heteroatoms. The Kier molecular flexibility index (Phi) is 20.5. The van der Waals surface area contributed by atoms with Crippen LogP contribution in [0.5, 0.6) is 23.0 Å². The van der Waals surface area contributed by atoms with Crippen LogP contribution < -0.4 is 16.0 Å². The lowest BCUT2D eigenvalue weighted by Crippen LogP contribution is -2.48. The van der Waals surface area contributed by atoms with Crippen molar-refractivity contribution < 1.29 is 44.7 Å². The number of rotatable bonds is 15. The predicted molar refractivity (Wildman–Crippen MR) is 159 cm³/mol. The Balaban J connectivity index is 0.00000315. The van der Waals surface area contributed by atoms with Crippen LogP contribution in [-0.2, 0) is 32.0 Å². The van der Waals surface area contributed by atoms with Gasteiger partial charge in [0.15, 0.2) is 23.0 Å². The van der Waals surface area contributed by atoms with Gasteiger partial charge in [0.1, 0.15) is 12.6 Å². The van der Waals surface area contributed by atoms with Crippen LogP contribution in [0.3, 0.4) is 0 Å². The summed E-state index contributed by atoms with van der Waals surface area (Å²) in [6.07, 6.45) is 1.98. The van der Waals surface area contributed by atoms with Gasteiger partial charge in [-0.15, -0.1) is 0 Å². The summed E-state index contributed by atoms with van der Waals surface area (Å²) in [5, 5.41) is 54.6. The molecule has 2 aromatic carbocycles. The maximum absolute atomic E-state index is 12.7. The number of ether oxygens (including phenoxy) is 1. The van der Waals surface area contributed by atoms with E-state index in [1.807, 2.05) is 13.8 Å². The fraction of sp³-hybridized carbons (Fsp3) is 0.500. The van der Waals surface area contributed by atoms with Crippen LogP contribution in [0.1, 0.15) is 58.1 Å². The lowest BCUT2D eigenvalue weighted by Gasteiger charge is -2.18. The fourth-order valence-electron chi connectivity index (χ4n) is 3.35. The molecule has 0 aromatic heterocycles. The number of aromatic hydroxyl groups is 4. The van der Waals surface area contributed by atoms with Crippen LogP contribution in [0.25, 0.3) is 0 Å². The van der Waals surface area contributed by atoms with Gasteiger partial charge in [0.05, 0.1) is 13.2 Å². The average molecular weight is 594 g/mol. The Hall–Kier alpha value is -4.03. The van der Waals surface area contributed by atoms with E-state index in [9.17, 15) is 34.8 Å². The molecular formula is C30H47N3O9. The predicted octanol–water partition coefficient (Wildman–Crippen LogP) is 2.24. The number of phenols is 4. The minimum absolute atomic E-state index is 0.0173. The molecule has 8 N–H and O–H groups in total. The van der Waals surface area contributed by atoms with Crippen molar-refractivity contribution in [2.45, 2.75) is 65.8 Å². The van der Waals surface area contributed by atoms with E-state index >= 15 is 0 Å². The summed E-state index contributed by atoms with van der Waals surface area (Å²) in [5.74, 6) is -2.44. The van der Waals surface area contributed by atoms with E-state index in [4.69, 9.17) is 9.84 Å². The molecule has 0 aliphatic rings. The van der Waals surface area contributed by atoms with Crippen molar-refractivity contribution in [3.8, 4) is 23.0 Å². The van der Waals surface area contributed by atoms with Crippen molar-refractivity contribution >= 4 is 17.7 Å². The molecule has 0 saturated heterocycles. The Bertz CT molecular complexity index is 1080. The Morgan fingerprint density at radius 1 is 0.786 bits per heavy atom. The van der Waals surface area contributed by atoms with Crippen LogP contribution in [0.2, 0.25) is 0 Å². The molecule has 0 bridgehead atoms. The average Bonchev–Trinajstić information content (AvgIpc) is 2.96. The fourth-order valence-corrected chi connectivity index (χ4v) is 3.35. The Morgan fingerprint density at radius 3 is 1.76 bits per heavy atom. The molecule has 0 spiro atoms. The van der Waals surface area contributed by atoms with E-state index in [1.165, 1.54) is 30.7 Å². The minimum Gasteiger partial charge on any atom is -0.504 e. The van der Waals surface area contributed by atoms with Crippen LogP contribution in [0.4, 0.5) is 0 Å². The molecule has 0 aliphatic heterocycles. The van der Waals surface area contributed by atoms with Crippen molar-refractivity contribution in [3.05, 3.63) is 47.5 Å². The summed E-state index contributed by atoms with van der Waals surface area (Å²) in [4.78, 5) is 37.1. The second-order valence-electron chi connectivity index (χ2n) is 8.93. The normalized spacial score (nSPS) is 10.7. The molecule has 1 atom stereocenters.